The number of halogens is 1. The van der Waals surface area contributed by atoms with Gasteiger partial charge in [-0.2, -0.15) is 0 Å². The Morgan fingerprint density at radius 1 is 0.955 bits per heavy atom. The molecule has 1 aliphatic rings. The molecule has 1 aliphatic heterocycles. The fraction of sp³-hybridized carbons (Fsp3) is 0.278. The zero-order chi connectivity index (χ0) is 31.3. The third kappa shape index (κ3) is 4.95. The summed E-state index contributed by atoms with van der Waals surface area (Å²) in [7, 11) is 0. The van der Waals surface area contributed by atoms with Crippen LogP contribution in [0.25, 0.3) is 38.9 Å². The third-order valence-electron chi connectivity index (χ3n) is 8.57. The van der Waals surface area contributed by atoms with Gasteiger partial charge in [0.1, 0.15) is 0 Å². The monoisotopic (exact) mass is 606 g/mol. The molecule has 1 amide bonds. The number of carbonyl (C=O) groups is 1. The van der Waals surface area contributed by atoms with Crippen LogP contribution in [-0.4, -0.2) is 38.0 Å². The number of hydrogen-bond acceptors (Lipinski definition) is 4. The predicted molar refractivity (Wildman–Crippen MR) is 178 cm³/mol. The van der Waals surface area contributed by atoms with Crippen LogP contribution in [0.5, 0.6) is 0 Å². The van der Waals surface area contributed by atoms with Gasteiger partial charge in [-0.3, -0.25) is 19.0 Å². The third-order valence-corrected chi connectivity index (χ3v) is 8.85. The van der Waals surface area contributed by atoms with E-state index in [2.05, 4.69) is 34.3 Å². The highest BCUT2D eigenvalue weighted by molar-refractivity contribution is 6.34. The van der Waals surface area contributed by atoms with Gasteiger partial charge in [0.05, 0.1) is 21.9 Å². The lowest BCUT2D eigenvalue weighted by atomic mass is 9.92. The van der Waals surface area contributed by atoms with E-state index in [1.54, 1.807) is 11.0 Å². The largest absolute Gasteiger partial charge is 0.338 e. The van der Waals surface area contributed by atoms with Crippen molar-refractivity contribution in [2.75, 3.05) is 13.1 Å². The molecule has 44 heavy (non-hydrogen) atoms. The van der Waals surface area contributed by atoms with Gasteiger partial charge in [0.25, 0.3) is 0 Å². The summed E-state index contributed by atoms with van der Waals surface area (Å²) in [5, 5.41) is 2.41. The second-order valence-electron chi connectivity index (χ2n) is 12.2. The number of rotatable bonds is 7. The van der Waals surface area contributed by atoms with E-state index in [4.69, 9.17) is 16.6 Å². The molecule has 0 radical (unpaired) electrons. The van der Waals surface area contributed by atoms with Crippen molar-refractivity contribution in [1.82, 2.24) is 19.0 Å². The van der Waals surface area contributed by atoms with Gasteiger partial charge in [-0.05, 0) is 45.9 Å². The summed E-state index contributed by atoms with van der Waals surface area (Å²) in [4.78, 5) is 47.1. The van der Waals surface area contributed by atoms with Gasteiger partial charge in [-0.25, -0.2) is 4.98 Å². The minimum absolute atomic E-state index is 0.000689. The molecule has 7 nitrogen and oxygen atoms in total. The second kappa shape index (κ2) is 11.5. The van der Waals surface area contributed by atoms with E-state index in [1.807, 2.05) is 60.7 Å². The summed E-state index contributed by atoms with van der Waals surface area (Å²) < 4.78 is 3.01. The zero-order valence-corrected chi connectivity index (χ0v) is 26.1. The van der Waals surface area contributed by atoms with Crippen molar-refractivity contribution in [3.8, 4) is 16.9 Å². The molecule has 1 fully saturated rings. The first kappa shape index (κ1) is 29.6. The molecule has 2 aromatic heterocycles. The van der Waals surface area contributed by atoms with Crippen LogP contribution < -0.4 is 11.1 Å². The van der Waals surface area contributed by atoms with Gasteiger partial charge < -0.3 is 9.47 Å². The molecular formula is C36H35ClN4O3. The number of pyridine rings is 1. The predicted octanol–water partition coefficient (Wildman–Crippen LogP) is 6.91. The SMILES string of the molecule is C=CC(=O)N1CC(Cn2c(=O)c(=O)n(-c3c(C(C)C)cccc3C(C)C)c3nc(-c4cccc5ccccc45)c(Cl)cc32)C1. The number of carbonyl (C=O) groups excluding carboxylic acids is 1. The molecule has 0 aliphatic carbocycles. The summed E-state index contributed by atoms with van der Waals surface area (Å²) in [5.41, 5.74) is 3.53. The Morgan fingerprint density at radius 3 is 2.25 bits per heavy atom. The maximum atomic E-state index is 14.3. The lowest BCUT2D eigenvalue weighted by Gasteiger charge is -2.39. The Bertz CT molecular complexity index is 2040. The fourth-order valence-electron chi connectivity index (χ4n) is 6.28. The molecule has 3 aromatic carbocycles. The molecule has 0 spiro atoms. The van der Waals surface area contributed by atoms with Gasteiger partial charge >= 0.3 is 11.1 Å². The van der Waals surface area contributed by atoms with E-state index in [0.29, 0.717) is 40.7 Å². The molecule has 0 bridgehead atoms. The van der Waals surface area contributed by atoms with Gasteiger partial charge in [0, 0.05) is 31.1 Å². The highest BCUT2D eigenvalue weighted by Gasteiger charge is 2.31. The normalized spacial score (nSPS) is 13.7. The number of nitrogens with zero attached hydrogens (tertiary/aromatic N) is 4. The van der Waals surface area contributed by atoms with Crippen molar-refractivity contribution in [1.29, 1.82) is 0 Å². The summed E-state index contributed by atoms with van der Waals surface area (Å²) in [6, 6.07) is 21.8. The van der Waals surface area contributed by atoms with Crippen LogP contribution in [0.2, 0.25) is 5.02 Å². The lowest BCUT2D eigenvalue weighted by molar-refractivity contribution is -0.132. The first-order valence-electron chi connectivity index (χ1n) is 15.0. The Balaban J connectivity index is 1.67. The van der Waals surface area contributed by atoms with Crippen molar-refractivity contribution in [2.45, 2.75) is 46.1 Å². The number of amides is 1. The highest BCUT2D eigenvalue weighted by atomic mass is 35.5. The van der Waals surface area contributed by atoms with E-state index in [-0.39, 0.29) is 30.2 Å². The Labute approximate surface area is 261 Å². The minimum atomic E-state index is -0.662. The molecule has 8 heteroatoms. The first-order chi connectivity index (χ1) is 21.1. The maximum Gasteiger partial charge on any atom is 0.322 e. The summed E-state index contributed by atoms with van der Waals surface area (Å²) >= 11 is 7.00. The van der Waals surface area contributed by atoms with Crippen LogP contribution in [-0.2, 0) is 11.3 Å². The smallest absolute Gasteiger partial charge is 0.322 e. The highest BCUT2D eigenvalue weighted by Crippen LogP contribution is 2.36. The van der Waals surface area contributed by atoms with Gasteiger partial charge in [-0.15, -0.1) is 0 Å². The zero-order valence-electron chi connectivity index (χ0n) is 25.4. The molecule has 0 unspecified atom stereocenters. The Hall–Kier alpha value is -4.49. The molecule has 3 heterocycles. The summed E-state index contributed by atoms with van der Waals surface area (Å²) in [5.74, 6) is 0.0214. The average Bonchev–Trinajstić information content (AvgIpc) is 2.99. The van der Waals surface area contributed by atoms with Crippen molar-refractivity contribution in [3.63, 3.8) is 0 Å². The van der Waals surface area contributed by atoms with Gasteiger partial charge in [-0.1, -0.05) is 107 Å². The molecule has 5 aromatic rings. The molecule has 1 saturated heterocycles. The van der Waals surface area contributed by atoms with Gasteiger partial charge in [0.15, 0.2) is 5.65 Å². The van der Waals surface area contributed by atoms with Crippen LogP contribution in [0.15, 0.2) is 89.0 Å². The first-order valence-corrected chi connectivity index (χ1v) is 15.4. The fourth-order valence-corrected chi connectivity index (χ4v) is 6.53. The molecule has 0 saturated carbocycles. The molecule has 6 rings (SSSR count). The molecule has 0 atom stereocenters. The van der Waals surface area contributed by atoms with Crippen LogP contribution in [0.3, 0.4) is 0 Å². The van der Waals surface area contributed by atoms with Crippen LogP contribution in [0.1, 0.15) is 50.7 Å². The van der Waals surface area contributed by atoms with Crippen LogP contribution >= 0.6 is 11.6 Å². The van der Waals surface area contributed by atoms with E-state index in [9.17, 15) is 14.4 Å². The minimum Gasteiger partial charge on any atom is -0.338 e. The topological polar surface area (TPSA) is 77.2 Å². The van der Waals surface area contributed by atoms with Gasteiger partial charge in [0.2, 0.25) is 5.91 Å². The van der Waals surface area contributed by atoms with Crippen molar-refractivity contribution < 1.29 is 4.79 Å². The van der Waals surface area contributed by atoms with Crippen LogP contribution in [0.4, 0.5) is 0 Å². The summed E-state index contributed by atoms with van der Waals surface area (Å²) in [6.45, 7) is 13.1. The average molecular weight is 607 g/mol. The van der Waals surface area contributed by atoms with Crippen molar-refractivity contribution in [3.05, 3.63) is 116 Å². The van der Waals surface area contributed by atoms with E-state index < -0.39 is 11.1 Å². The number of para-hydroxylation sites is 1. The second-order valence-corrected chi connectivity index (χ2v) is 12.6. The number of hydrogen-bond donors (Lipinski definition) is 0. The van der Waals surface area contributed by atoms with Crippen molar-refractivity contribution >= 4 is 39.4 Å². The maximum absolute atomic E-state index is 14.3. The van der Waals surface area contributed by atoms with Crippen molar-refractivity contribution in [2.24, 2.45) is 5.92 Å². The summed E-state index contributed by atoms with van der Waals surface area (Å²) in [6.07, 6.45) is 1.29. The van der Waals surface area contributed by atoms with E-state index in [0.717, 1.165) is 27.5 Å². The quantitative estimate of drug-likeness (QED) is 0.149. The van der Waals surface area contributed by atoms with Crippen LogP contribution in [0, 0.1) is 5.92 Å². The number of benzene rings is 3. The number of likely N-dealkylation sites (tertiary alicyclic amines) is 1. The Morgan fingerprint density at radius 2 is 1.59 bits per heavy atom. The standard InChI is InChI=1S/C36H35ClN4O3/c1-6-31(42)39-18-23(19-39)20-40-30-17-29(37)32(28-16-9-12-24-11-7-8-13-27(24)28)38-34(30)41(36(44)35(40)43)33-25(21(2)3)14-10-15-26(33)22(4)5/h6-17,21-23H,1,18-20H2,2-5H3. The van der Waals surface area contributed by atoms with E-state index >= 15 is 0 Å². The lowest BCUT2D eigenvalue weighted by Crippen LogP contribution is -2.52. The molecule has 0 N–H and O–H groups in total. The number of aromatic nitrogens is 3. The molecule has 224 valence electrons. The number of fused-ring (bicyclic) bond motifs is 2. The van der Waals surface area contributed by atoms with E-state index in [1.165, 1.54) is 15.2 Å². The molecular weight excluding hydrogens is 572 g/mol. The Kier molecular flexibility index (Phi) is 7.76.